The van der Waals surface area contributed by atoms with Crippen LogP contribution in [-0.4, -0.2) is 42.7 Å². The lowest BCUT2D eigenvalue weighted by atomic mass is 9.95. The standard InChI is InChI=1S/C10H21N3O/c1-5-10(7-14-4)6-12-9(11)13(10)8(2)3/h8H,5-7H2,1-4H3,(H2,11,12). The van der Waals surface area contributed by atoms with E-state index in [9.17, 15) is 0 Å². The van der Waals surface area contributed by atoms with Crippen molar-refractivity contribution in [3.63, 3.8) is 0 Å². The molecule has 1 unspecified atom stereocenters. The SMILES string of the molecule is CCC1(COC)CN=C(N)N1C(C)C. The molecular weight excluding hydrogens is 178 g/mol. The summed E-state index contributed by atoms with van der Waals surface area (Å²) < 4.78 is 5.28. The zero-order valence-electron chi connectivity index (χ0n) is 9.58. The van der Waals surface area contributed by atoms with Crippen molar-refractivity contribution in [2.75, 3.05) is 20.3 Å². The van der Waals surface area contributed by atoms with Gasteiger partial charge in [-0.1, -0.05) is 6.92 Å². The van der Waals surface area contributed by atoms with Crippen LogP contribution in [0, 0.1) is 0 Å². The molecule has 0 bridgehead atoms. The molecule has 0 saturated heterocycles. The van der Waals surface area contributed by atoms with Gasteiger partial charge < -0.3 is 15.4 Å². The smallest absolute Gasteiger partial charge is 0.192 e. The van der Waals surface area contributed by atoms with Crippen LogP contribution in [0.4, 0.5) is 0 Å². The van der Waals surface area contributed by atoms with Crippen LogP contribution in [0.5, 0.6) is 0 Å². The second kappa shape index (κ2) is 4.17. The number of ether oxygens (including phenoxy) is 1. The van der Waals surface area contributed by atoms with Crippen LogP contribution in [0.25, 0.3) is 0 Å². The van der Waals surface area contributed by atoms with Gasteiger partial charge in [0.1, 0.15) is 0 Å². The molecule has 1 heterocycles. The first-order valence-electron chi connectivity index (χ1n) is 5.15. The van der Waals surface area contributed by atoms with E-state index < -0.39 is 0 Å². The molecule has 0 saturated carbocycles. The second-order valence-electron chi connectivity index (χ2n) is 4.15. The lowest BCUT2D eigenvalue weighted by molar-refractivity contribution is 0.0497. The summed E-state index contributed by atoms with van der Waals surface area (Å²) in [6, 6.07) is 0.372. The molecule has 0 radical (unpaired) electrons. The van der Waals surface area contributed by atoms with Crippen molar-refractivity contribution in [3.05, 3.63) is 0 Å². The predicted octanol–water partition coefficient (Wildman–Crippen LogP) is 0.820. The molecule has 0 aliphatic carbocycles. The first-order chi connectivity index (χ1) is 6.57. The Hall–Kier alpha value is -0.770. The van der Waals surface area contributed by atoms with Gasteiger partial charge >= 0.3 is 0 Å². The Morgan fingerprint density at radius 2 is 2.29 bits per heavy atom. The van der Waals surface area contributed by atoms with Crippen LogP contribution in [0.2, 0.25) is 0 Å². The molecule has 1 rings (SSSR count). The lowest BCUT2D eigenvalue weighted by Gasteiger charge is -2.40. The highest BCUT2D eigenvalue weighted by molar-refractivity contribution is 5.81. The minimum Gasteiger partial charge on any atom is -0.382 e. The maximum absolute atomic E-state index is 5.88. The predicted molar refractivity (Wildman–Crippen MR) is 58.4 cm³/mol. The largest absolute Gasteiger partial charge is 0.382 e. The highest BCUT2D eigenvalue weighted by atomic mass is 16.5. The van der Waals surface area contributed by atoms with Gasteiger partial charge in [0.25, 0.3) is 0 Å². The number of rotatable bonds is 4. The zero-order valence-corrected chi connectivity index (χ0v) is 9.58. The third-order valence-electron chi connectivity index (χ3n) is 2.88. The first-order valence-corrected chi connectivity index (χ1v) is 5.15. The Bertz CT molecular complexity index is 227. The van der Waals surface area contributed by atoms with E-state index >= 15 is 0 Å². The molecule has 0 amide bonds. The van der Waals surface area contributed by atoms with E-state index in [1.54, 1.807) is 7.11 Å². The Balaban J connectivity index is 2.87. The van der Waals surface area contributed by atoms with Gasteiger partial charge in [0.05, 0.1) is 18.7 Å². The van der Waals surface area contributed by atoms with E-state index in [1.807, 2.05) is 0 Å². The van der Waals surface area contributed by atoms with Crippen molar-refractivity contribution in [1.82, 2.24) is 4.90 Å². The molecule has 0 aromatic rings. The van der Waals surface area contributed by atoms with Crippen molar-refractivity contribution < 1.29 is 4.74 Å². The molecule has 2 N–H and O–H groups in total. The Morgan fingerprint density at radius 1 is 1.64 bits per heavy atom. The maximum Gasteiger partial charge on any atom is 0.192 e. The summed E-state index contributed by atoms with van der Waals surface area (Å²) in [7, 11) is 1.73. The van der Waals surface area contributed by atoms with Crippen LogP contribution < -0.4 is 5.73 Å². The quantitative estimate of drug-likeness (QED) is 0.729. The number of hydrogen-bond acceptors (Lipinski definition) is 4. The van der Waals surface area contributed by atoms with Crippen LogP contribution in [-0.2, 0) is 4.74 Å². The topological polar surface area (TPSA) is 50.9 Å². The summed E-state index contributed by atoms with van der Waals surface area (Å²) in [5.41, 5.74) is 5.86. The molecule has 0 fully saturated rings. The van der Waals surface area contributed by atoms with Gasteiger partial charge in [-0.15, -0.1) is 0 Å². The molecule has 0 spiro atoms. The van der Waals surface area contributed by atoms with Crippen molar-refractivity contribution in [2.24, 2.45) is 10.7 Å². The fourth-order valence-electron chi connectivity index (χ4n) is 2.20. The van der Waals surface area contributed by atoms with E-state index in [2.05, 4.69) is 30.7 Å². The summed E-state index contributed by atoms with van der Waals surface area (Å²) in [6.45, 7) is 7.86. The highest BCUT2D eigenvalue weighted by Crippen LogP contribution is 2.27. The molecular formula is C10H21N3O. The van der Waals surface area contributed by atoms with Gasteiger partial charge in [-0.25, -0.2) is 0 Å². The van der Waals surface area contributed by atoms with Crippen LogP contribution in [0.3, 0.4) is 0 Å². The van der Waals surface area contributed by atoms with Crippen molar-refractivity contribution in [3.8, 4) is 0 Å². The van der Waals surface area contributed by atoms with Gasteiger partial charge in [0.2, 0.25) is 0 Å². The van der Waals surface area contributed by atoms with Gasteiger partial charge in [0.15, 0.2) is 5.96 Å². The monoisotopic (exact) mass is 199 g/mol. The number of nitrogens with two attached hydrogens (primary N) is 1. The highest BCUT2D eigenvalue weighted by Gasteiger charge is 2.42. The van der Waals surface area contributed by atoms with E-state index in [0.29, 0.717) is 18.6 Å². The zero-order chi connectivity index (χ0) is 10.8. The molecule has 1 aliphatic heterocycles. The summed E-state index contributed by atoms with van der Waals surface area (Å²) in [5.74, 6) is 0.652. The first kappa shape index (κ1) is 11.3. The fourth-order valence-corrected chi connectivity index (χ4v) is 2.20. The van der Waals surface area contributed by atoms with E-state index in [-0.39, 0.29) is 5.54 Å². The van der Waals surface area contributed by atoms with Crippen molar-refractivity contribution in [2.45, 2.75) is 38.8 Å². The van der Waals surface area contributed by atoms with Gasteiger partial charge in [-0.2, -0.15) is 0 Å². The van der Waals surface area contributed by atoms with Gasteiger partial charge in [0, 0.05) is 13.2 Å². The minimum atomic E-state index is -0.0208. The molecule has 4 heteroatoms. The second-order valence-corrected chi connectivity index (χ2v) is 4.15. The third kappa shape index (κ3) is 1.71. The van der Waals surface area contributed by atoms with Crippen LogP contribution >= 0.6 is 0 Å². The molecule has 1 aliphatic rings. The molecule has 14 heavy (non-hydrogen) atoms. The van der Waals surface area contributed by atoms with Gasteiger partial charge in [-0.3, -0.25) is 4.99 Å². The van der Waals surface area contributed by atoms with Crippen LogP contribution in [0.15, 0.2) is 4.99 Å². The van der Waals surface area contributed by atoms with Crippen LogP contribution in [0.1, 0.15) is 27.2 Å². The summed E-state index contributed by atoms with van der Waals surface area (Å²) in [4.78, 5) is 6.50. The Labute approximate surface area is 86.1 Å². The van der Waals surface area contributed by atoms with Crippen molar-refractivity contribution in [1.29, 1.82) is 0 Å². The lowest BCUT2D eigenvalue weighted by Crippen LogP contribution is -2.56. The number of guanidine groups is 1. The molecule has 0 aromatic carbocycles. The minimum absolute atomic E-state index is 0.0208. The number of methoxy groups -OCH3 is 1. The Morgan fingerprint density at radius 3 is 2.71 bits per heavy atom. The van der Waals surface area contributed by atoms with E-state index in [0.717, 1.165) is 13.0 Å². The summed E-state index contributed by atoms with van der Waals surface area (Å²) >= 11 is 0. The average molecular weight is 199 g/mol. The van der Waals surface area contributed by atoms with Crippen molar-refractivity contribution >= 4 is 5.96 Å². The Kier molecular flexibility index (Phi) is 3.37. The molecule has 4 nitrogen and oxygen atoms in total. The third-order valence-corrected chi connectivity index (χ3v) is 2.88. The van der Waals surface area contributed by atoms with Gasteiger partial charge in [-0.05, 0) is 20.3 Å². The normalized spacial score (nSPS) is 27.2. The summed E-state index contributed by atoms with van der Waals surface area (Å²) in [6.07, 6.45) is 1.00. The van der Waals surface area contributed by atoms with E-state index in [1.165, 1.54) is 0 Å². The average Bonchev–Trinajstić information content (AvgIpc) is 2.44. The number of nitrogens with zero attached hydrogens (tertiary/aromatic N) is 2. The molecule has 0 aromatic heterocycles. The number of aliphatic imine (C=N–C) groups is 1. The molecule has 1 atom stereocenters. The molecule has 82 valence electrons. The number of hydrogen-bond donors (Lipinski definition) is 1. The maximum atomic E-state index is 5.88. The van der Waals surface area contributed by atoms with E-state index in [4.69, 9.17) is 10.5 Å². The fraction of sp³-hybridized carbons (Fsp3) is 0.900. The summed E-state index contributed by atoms with van der Waals surface area (Å²) in [5, 5.41) is 0.